The van der Waals surface area contributed by atoms with Gasteiger partial charge in [-0.1, -0.05) is 12.1 Å². The molecule has 0 saturated heterocycles. The van der Waals surface area contributed by atoms with Gasteiger partial charge in [0.1, 0.15) is 0 Å². The zero-order chi connectivity index (χ0) is 14.3. The normalized spacial score (nSPS) is 9.84. The van der Waals surface area contributed by atoms with Crippen molar-refractivity contribution in [2.75, 3.05) is 32.1 Å². The number of carbonyl (C=O) groups excluding carboxylic acids is 2. The van der Waals surface area contributed by atoms with Crippen LogP contribution in [0.15, 0.2) is 24.3 Å². The quantitative estimate of drug-likeness (QED) is 0.848. The van der Waals surface area contributed by atoms with Crippen LogP contribution >= 0.6 is 0 Å². The van der Waals surface area contributed by atoms with Crippen molar-refractivity contribution in [1.29, 1.82) is 0 Å². The molecule has 0 bridgehead atoms. The Hall–Kier alpha value is -2.04. The van der Waals surface area contributed by atoms with Gasteiger partial charge in [-0.3, -0.25) is 4.79 Å². The first-order chi connectivity index (χ1) is 9.02. The molecule has 0 saturated carbocycles. The van der Waals surface area contributed by atoms with Gasteiger partial charge in [-0.25, -0.2) is 4.79 Å². The van der Waals surface area contributed by atoms with E-state index in [4.69, 9.17) is 0 Å². The maximum atomic E-state index is 11.7. The Kier molecular flexibility index (Phi) is 5.85. The van der Waals surface area contributed by atoms with E-state index in [0.717, 1.165) is 11.3 Å². The summed E-state index contributed by atoms with van der Waals surface area (Å²) in [4.78, 5) is 24.7. The van der Waals surface area contributed by atoms with Crippen LogP contribution in [0, 0.1) is 0 Å². The van der Waals surface area contributed by atoms with Gasteiger partial charge in [-0.05, 0) is 24.6 Å². The Morgan fingerprint density at radius 2 is 1.84 bits per heavy atom. The molecule has 104 valence electrons. The minimum Gasteiger partial charge on any atom is -0.450 e. The Morgan fingerprint density at radius 3 is 2.37 bits per heavy atom. The van der Waals surface area contributed by atoms with Gasteiger partial charge in [0.25, 0.3) is 0 Å². The number of anilines is 1. The van der Waals surface area contributed by atoms with Gasteiger partial charge in [0.2, 0.25) is 0 Å². The zero-order valence-electron chi connectivity index (χ0n) is 11.6. The van der Waals surface area contributed by atoms with E-state index in [1.165, 1.54) is 0 Å². The number of hydrogen-bond donors (Lipinski definition) is 1. The van der Waals surface area contributed by atoms with Gasteiger partial charge in [0, 0.05) is 26.2 Å². The zero-order valence-corrected chi connectivity index (χ0v) is 11.6. The summed E-state index contributed by atoms with van der Waals surface area (Å²) < 4.78 is 4.68. The second-order valence-corrected chi connectivity index (χ2v) is 4.35. The van der Waals surface area contributed by atoms with Crippen LogP contribution in [0.4, 0.5) is 10.5 Å². The molecule has 1 aromatic rings. The van der Waals surface area contributed by atoms with Crippen molar-refractivity contribution in [3.63, 3.8) is 0 Å². The van der Waals surface area contributed by atoms with Crippen molar-refractivity contribution in [2.45, 2.75) is 13.3 Å². The van der Waals surface area contributed by atoms with Crippen molar-refractivity contribution in [2.24, 2.45) is 0 Å². The summed E-state index contributed by atoms with van der Waals surface area (Å²) in [6.07, 6.45) is -0.251. The minimum atomic E-state index is -0.557. The maximum absolute atomic E-state index is 11.7. The molecule has 1 N–H and O–H groups in total. The lowest BCUT2D eigenvalue weighted by molar-refractivity contribution is -0.117. The molecular weight excluding hydrogens is 244 g/mol. The van der Waals surface area contributed by atoms with E-state index in [2.05, 4.69) is 10.1 Å². The van der Waals surface area contributed by atoms with Crippen LogP contribution in [0.3, 0.4) is 0 Å². The number of carbonyl (C=O) groups is 2. The lowest BCUT2D eigenvalue weighted by atomic mass is 10.1. The van der Waals surface area contributed by atoms with Gasteiger partial charge in [-0.15, -0.1) is 0 Å². The number of alkyl carbamates (subject to hydrolysis) is 1. The van der Waals surface area contributed by atoms with Gasteiger partial charge < -0.3 is 15.0 Å². The minimum absolute atomic E-state index is 0.00569. The third-order valence-electron chi connectivity index (χ3n) is 2.56. The van der Waals surface area contributed by atoms with Gasteiger partial charge in [0.15, 0.2) is 5.78 Å². The lowest BCUT2D eigenvalue weighted by Crippen LogP contribution is -2.30. The SMILES string of the molecule is CCOC(=O)NCC(=O)Cc1ccc(N(C)C)cc1. The van der Waals surface area contributed by atoms with E-state index < -0.39 is 6.09 Å². The van der Waals surface area contributed by atoms with Crippen LogP contribution in [0.2, 0.25) is 0 Å². The van der Waals surface area contributed by atoms with Gasteiger partial charge in [-0.2, -0.15) is 0 Å². The molecule has 1 rings (SSSR count). The molecule has 19 heavy (non-hydrogen) atoms. The fourth-order valence-corrected chi connectivity index (χ4v) is 1.55. The number of nitrogens with one attached hydrogen (secondary N) is 1. The summed E-state index contributed by atoms with van der Waals surface area (Å²) >= 11 is 0. The Morgan fingerprint density at radius 1 is 1.21 bits per heavy atom. The van der Waals surface area contributed by atoms with E-state index in [0.29, 0.717) is 13.0 Å². The number of amides is 1. The molecule has 0 unspecified atom stereocenters. The highest BCUT2D eigenvalue weighted by atomic mass is 16.5. The Balaban J connectivity index is 2.42. The number of rotatable bonds is 6. The first kappa shape index (κ1) is 15.0. The molecular formula is C14H20N2O3. The third kappa shape index (κ3) is 5.42. The maximum Gasteiger partial charge on any atom is 0.407 e. The molecule has 0 aliphatic heterocycles. The smallest absolute Gasteiger partial charge is 0.407 e. The molecule has 0 aromatic heterocycles. The topological polar surface area (TPSA) is 58.6 Å². The number of benzene rings is 1. The molecule has 0 spiro atoms. The second kappa shape index (κ2) is 7.41. The van der Waals surface area contributed by atoms with Crippen LogP contribution in [0.5, 0.6) is 0 Å². The average Bonchev–Trinajstić information content (AvgIpc) is 2.37. The van der Waals surface area contributed by atoms with E-state index in [1.54, 1.807) is 6.92 Å². The number of ether oxygens (including phenoxy) is 1. The summed E-state index contributed by atoms with van der Waals surface area (Å²) in [6.45, 7) is 2.01. The molecule has 0 heterocycles. The molecule has 5 nitrogen and oxygen atoms in total. The van der Waals surface area contributed by atoms with Gasteiger partial charge >= 0.3 is 6.09 Å². The molecule has 0 aliphatic carbocycles. The molecule has 1 aromatic carbocycles. The van der Waals surface area contributed by atoms with Crippen molar-refractivity contribution < 1.29 is 14.3 Å². The summed E-state index contributed by atoms with van der Waals surface area (Å²) in [5.41, 5.74) is 2.02. The van der Waals surface area contributed by atoms with E-state index in [-0.39, 0.29) is 12.3 Å². The van der Waals surface area contributed by atoms with Gasteiger partial charge in [0.05, 0.1) is 13.2 Å². The monoisotopic (exact) mass is 264 g/mol. The second-order valence-electron chi connectivity index (χ2n) is 4.35. The fraction of sp³-hybridized carbons (Fsp3) is 0.429. The van der Waals surface area contributed by atoms with Crippen LogP contribution in [-0.2, 0) is 16.0 Å². The number of ketones is 1. The van der Waals surface area contributed by atoms with E-state index in [9.17, 15) is 9.59 Å². The predicted octanol–water partition coefficient (Wildman–Crippen LogP) is 1.61. The van der Waals surface area contributed by atoms with Crippen molar-refractivity contribution in [3.05, 3.63) is 29.8 Å². The summed E-state index contributed by atoms with van der Waals surface area (Å²) in [6, 6.07) is 7.75. The van der Waals surface area contributed by atoms with E-state index >= 15 is 0 Å². The molecule has 1 amide bonds. The first-order valence-corrected chi connectivity index (χ1v) is 6.21. The molecule has 0 atom stereocenters. The van der Waals surface area contributed by atoms with Crippen molar-refractivity contribution in [3.8, 4) is 0 Å². The van der Waals surface area contributed by atoms with Crippen LogP contribution < -0.4 is 10.2 Å². The lowest BCUT2D eigenvalue weighted by Gasteiger charge is -2.12. The predicted molar refractivity (Wildman–Crippen MR) is 74.5 cm³/mol. The van der Waals surface area contributed by atoms with Crippen LogP contribution in [0.1, 0.15) is 12.5 Å². The summed E-state index contributed by atoms with van der Waals surface area (Å²) in [5, 5.41) is 2.41. The van der Waals surface area contributed by atoms with Crippen molar-refractivity contribution in [1.82, 2.24) is 5.32 Å². The highest BCUT2D eigenvalue weighted by molar-refractivity contribution is 5.85. The molecule has 0 radical (unpaired) electrons. The average molecular weight is 264 g/mol. The molecule has 0 aliphatic rings. The standard InChI is InChI=1S/C14H20N2O3/c1-4-19-14(18)15-10-13(17)9-11-5-7-12(8-6-11)16(2)3/h5-8H,4,9-10H2,1-3H3,(H,15,18). The van der Waals surface area contributed by atoms with Crippen LogP contribution in [-0.4, -0.2) is 39.1 Å². The van der Waals surface area contributed by atoms with Crippen LogP contribution in [0.25, 0.3) is 0 Å². The Bertz CT molecular complexity index is 427. The molecule has 0 fully saturated rings. The van der Waals surface area contributed by atoms with E-state index in [1.807, 2.05) is 43.3 Å². The number of nitrogens with zero attached hydrogens (tertiary/aromatic N) is 1. The fourth-order valence-electron chi connectivity index (χ4n) is 1.55. The highest BCUT2D eigenvalue weighted by Crippen LogP contribution is 2.12. The molecule has 5 heteroatoms. The highest BCUT2D eigenvalue weighted by Gasteiger charge is 2.07. The number of Topliss-reactive ketones (excluding diaryl/α,β-unsaturated/α-hetero) is 1. The number of hydrogen-bond acceptors (Lipinski definition) is 4. The van der Waals surface area contributed by atoms with Crippen molar-refractivity contribution >= 4 is 17.6 Å². The third-order valence-corrected chi connectivity index (χ3v) is 2.56. The summed E-state index contributed by atoms with van der Waals surface area (Å²) in [7, 11) is 3.92. The first-order valence-electron chi connectivity index (χ1n) is 6.21. The largest absolute Gasteiger partial charge is 0.450 e. The summed E-state index contributed by atoms with van der Waals surface area (Å²) in [5.74, 6) is -0.0503. The Labute approximate surface area is 113 Å².